The van der Waals surface area contributed by atoms with Crippen LogP contribution in [0.2, 0.25) is 0 Å². The number of hydrogen-bond acceptors (Lipinski definition) is 2. The Morgan fingerprint density at radius 3 is 2.63 bits per heavy atom. The molecule has 0 saturated heterocycles. The third-order valence-electron chi connectivity index (χ3n) is 3.95. The van der Waals surface area contributed by atoms with Crippen LogP contribution >= 0.6 is 0 Å². The molecule has 1 aliphatic carbocycles. The second kappa shape index (κ2) is 6.04. The first-order valence-corrected chi connectivity index (χ1v) is 6.79. The number of carbonyl (C=O) groups is 1. The van der Waals surface area contributed by atoms with Crippen LogP contribution in [-0.2, 0) is 4.79 Å². The number of aliphatic carboxylic acids is 1. The van der Waals surface area contributed by atoms with Crippen molar-refractivity contribution in [3.8, 4) is 0 Å². The molecule has 0 bridgehead atoms. The van der Waals surface area contributed by atoms with Crippen molar-refractivity contribution in [2.45, 2.75) is 32.6 Å². The van der Waals surface area contributed by atoms with E-state index in [1.165, 1.54) is 6.07 Å². The lowest BCUT2D eigenvalue weighted by atomic mass is 9.82. The Morgan fingerprint density at radius 1 is 1.37 bits per heavy atom. The van der Waals surface area contributed by atoms with Crippen molar-refractivity contribution >= 4 is 11.7 Å². The summed E-state index contributed by atoms with van der Waals surface area (Å²) in [6, 6.07) is 5.02. The molecule has 0 radical (unpaired) electrons. The number of carboxylic acids is 1. The zero-order chi connectivity index (χ0) is 13.8. The molecule has 0 unspecified atom stereocenters. The second-order valence-corrected chi connectivity index (χ2v) is 5.40. The molecule has 1 aromatic carbocycles. The van der Waals surface area contributed by atoms with Gasteiger partial charge in [0.1, 0.15) is 5.82 Å². The number of carboxylic acid groups (broad SMARTS) is 1. The Balaban J connectivity index is 1.80. The summed E-state index contributed by atoms with van der Waals surface area (Å²) in [4.78, 5) is 10.9. The van der Waals surface area contributed by atoms with Crippen LogP contribution in [0, 0.1) is 24.6 Å². The van der Waals surface area contributed by atoms with Crippen molar-refractivity contribution in [3.05, 3.63) is 29.6 Å². The van der Waals surface area contributed by atoms with Crippen LogP contribution in [0.5, 0.6) is 0 Å². The van der Waals surface area contributed by atoms with Crippen LogP contribution in [0.4, 0.5) is 10.1 Å². The largest absolute Gasteiger partial charge is 0.481 e. The molecule has 1 aromatic rings. The van der Waals surface area contributed by atoms with E-state index >= 15 is 0 Å². The van der Waals surface area contributed by atoms with E-state index in [1.54, 1.807) is 19.1 Å². The van der Waals surface area contributed by atoms with Gasteiger partial charge in [-0.1, -0.05) is 0 Å². The van der Waals surface area contributed by atoms with Crippen molar-refractivity contribution in [1.82, 2.24) is 0 Å². The van der Waals surface area contributed by atoms with Gasteiger partial charge in [-0.25, -0.2) is 4.39 Å². The summed E-state index contributed by atoms with van der Waals surface area (Å²) < 4.78 is 13.1. The highest BCUT2D eigenvalue weighted by Gasteiger charge is 2.25. The first-order valence-electron chi connectivity index (χ1n) is 6.79. The minimum absolute atomic E-state index is 0.163. The predicted molar refractivity (Wildman–Crippen MR) is 72.7 cm³/mol. The number of anilines is 1. The predicted octanol–water partition coefficient (Wildman–Crippen LogP) is 3.44. The fraction of sp³-hybridized carbons (Fsp3) is 0.533. The van der Waals surface area contributed by atoms with Gasteiger partial charge in [0.25, 0.3) is 0 Å². The van der Waals surface area contributed by atoms with Crippen LogP contribution in [0.3, 0.4) is 0 Å². The maximum Gasteiger partial charge on any atom is 0.306 e. The summed E-state index contributed by atoms with van der Waals surface area (Å²) in [6.07, 6.45) is 3.43. The maximum absolute atomic E-state index is 13.1. The molecule has 1 aliphatic rings. The average Bonchev–Trinajstić information content (AvgIpc) is 2.40. The Bertz CT molecular complexity index is 453. The van der Waals surface area contributed by atoms with Crippen LogP contribution in [0.1, 0.15) is 31.2 Å². The van der Waals surface area contributed by atoms with E-state index < -0.39 is 5.97 Å². The number of aryl methyl sites for hydroxylation is 1. The molecular formula is C15H20FNO2. The van der Waals surface area contributed by atoms with Crippen LogP contribution < -0.4 is 5.32 Å². The standard InChI is InChI=1S/C15H20FNO2/c1-10-8-13(6-7-14(10)16)17-9-11-2-4-12(5-3-11)15(18)19/h6-8,11-12,17H,2-5,9H2,1H3,(H,18,19). The van der Waals surface area contributed by atoms with Gasteiger partial charge in [-0.15, -0.1) is 0 Å². The number of benzene rings is 1. The fourth-order valence-electron chi connectivity index (χ4n) is 2.63. The Kier molecular flexibility index (Phi) is 4.40. The summed E-state index contributed by atoms with van der Waals surface area (Å²) in [6.45, 7) is 2.58. The molecule has 0 heterocycles. The number of rotatable bonds is 4. The molecule has 4 heteroatoms. The van der Waals surface area contributed by atoms with Crippen molar-refractivity contribution < 1.29 is 14.3 Å². The van der Waals surface area contributed by atoms with Crippen LogP contribution in [0.25, 0.3) is 0 Å². The fourth-order valence-corrected chi connectivity index (χ4v) is 2.63. The van der Waals surface area contributed by atoms with Gasteiger partial charge in [0.15, 0.2) is 0 Å². The summed E-state index contributed by atoms with van der Waals surface area (Å²) >= 11 is 0. The van der Waals surface area contributed by atoms with Gasteiger partial charge in [0.05, 0.1) is 5.92 Å². The zero-order valence-electron chi connectivity index (χ0n) is 11.2. The lowest BCUT2D eigenvalue weighted by molar-refractivity contribution is -0.143. The second-order valence-electron chi connectivity index (χ2n) is 5.40. The lowest BCUT2D eigenvalue weighted by Crippen LogP contribution is -2.25. The summed E-state index contributed by atoms with van der Waals surface area (Å²) in [7, 11) is 0. The van der Waals surface area contributed by atoms with E-state index in [0.717, 1.165) is 37.9 Å². The first-order chi connectivity index (χ1) is 9.06. The topological polar surface area (TPSA) is 49.3 Å². The van der Waals surface area contributed by atoms with Gasteiger partial charge < -0.3 is 10.4 Å². The molecule has 0 spiro atoms. The van der Waals surface area contributed by atoms with Crippen molar-refractivity contribution in [1.29, 1.82) is 0 Å². The maximum atomic E-state index is 13.1. The molecule has 3 nitrogen and oxygen atoms in total. The Morgan fingerprint density at radius 2 is 2.05 bits per heavy atom. The smallest absolute Gasteiger partial charge is 0.306 e. The molecule has 0 atom stereocenters. The Hall–Kier alpha value is -1.58. The molecule has 104 valence electrons. The van der Waals surface area contributed by atoms with E-state index in [0.29, 0.717) is 11.5 Å². The molecule has 1 saturated carbocycles. The van der Waals surface area contributed by atoms with Crippen molar-refractivity contribution in [2.75, 3.05) is 11.9 Å². The Labute approximate surface area is 112 Å². The minimum atomic E-state index is -0.666. The molecule has 0 aromatic heterocycles. The molecular weight excluding hydrogens is 245 g/mol. The van der Waals surface area contributed by atoms with Crippen molar-refractivity contribution in [2.24, 2.45) is 11.8 Å². The molecule has 0 amide bonds. The lowest BCUT2D eigenvalue weighted by Gasteiger charge is -2.26. The van der Waals surface area contributed by atoms with E-state index in [-0.39, 0.29) is 11.7 Å². The van der Waals surface area contributed by atoms with Gasteiger partial charge in [0.2, 0.25) is 0 Å². The zero-order valence-corrected chi connectivity index (χ0v) is 11.2. The van der Waals surface area contributed by atoms with E-state index in [4.69, 9.17) is 5.11 Å². The number of hydrogen-bond donors (Lipinski definition) is 2. The highest BCUT2D eigenvalue weighted by atomic mass is 19.1. The number of nitrogens with one attached hydrogen (secondary N) is 1. The van der Waals surface area contributed by atoms with E-state index in [9.17, 15) is 9.18 Å². The normalized spacial score (nSPS) is 23.1. The van der Waals surface area contributed by atoms with Gasteiger partial charge >= 0.3 is 5.97 Å². The van der Waals surface area contributed by atoms with Gasteiger partial charge in [0, 0.05) is 12.2 Å². The van der Waals surface area contributed by atoms with Crippen molar-refractivity contribution in [3.63, 3.8) is 0 Å². The molecule has 0 aliphatic heterocycles. The third kappa shape index (κ3) is 3.69. The monoisotopic (exact) mass is 265 g/mol. The summed E-state index contributed by atoms with van der Waals surface area (Å²) in [5.74, 6) is -0.502. The summed E-state index contributed by atoms with van der Waals surface area (Å²) in [5.41, 5.74) is 1.57. The van der Waals surface area contributed by atoms with E-state index in [2.05, 4.69) is 5.32 Å². The highest BCUT2D eigenvalue weighted by Crippen LogP contribution is 2.29. The third-order valence-corrected chi connectivity index (χ3v) is 3.95. The highest BCUT2D eigenvalue weighted by molar-refractivity contribution is 5.70. The molecule has 2 N–H and O–H groups in total. The van der Waals surface area contributed by atoms with Gasteiger partial charge in [-0.3, -0.25) is 4.79 Å². The summed E-state index contributed by atoms with van der Waals surface area (Å²) in [5, 5.41) is 12.3. The average molecular weight is 265 g/mol. The number of halogens is 1. The van der Waals surface area contributed by atoms with E-state index in [1.807, 2.05) is 0 Å². The van der Waals surface area contributed by atoms with Crippen LogP contribution in [0.15, 0.2) is 18.2 Å². The first kappa shape index (κ1) is 13.8. The van der Waals surface area contributed by atoms with Crippen LogP contribution in [-0.4, -0.2) is 17.6 Å². The van der Waals surface area contributed by atoms with Gasteiger partial charge in [-0.2, -0.15) is 0 Å². The minimum Gasteiger partial charge on any atom is -0.481 e. The SMILES string of the molecule is Cc1cc(NCC2CCC(C(=O)O)CC2)ccc1F. The quantitative estimate of drug-likeness (QED) is 0.876. The molecule has 2 rings (SSSR count). The molecule has 1 fully saturated rings. The molecule has 19 heavy (non-hydrogen) atoms. The van der Waals surface area contributed by atoms with Gasteiger partial charge in [-0.05, 0) is 62.3 Å².